The van der Waals surface area contributed by atoms with Gasteiger partial charge in [0.2, 0.25) is 0 Å². The second kappa shape index (κ2) is 5.07. The van der Waals surface area contributed by atoms with Crippen LogP contribution in [0.25, 0.3) is 0 Å². The molecule has 4 heteroatoms. The number of aromatic nitrogens is 2. The van der Waals surface area contributed by atoms with Crippen LogP contribution in [-0.2, 0) is 6.54 Å². The summed E-state index contributed by atoms with van der Waals surface area (Å²) in [5, 5.41) is 3.31. The molecule has 2 aromatic heterocycles. The highest BCUT2D eigenvalue weighted by atomic mass is 79.9. The Balaban J connectivity index is 2.03. The standard InChI is InChI=1S/C12H12BrN3/c1-9-5-11(8-16-12(9)13)15-7-10-3-2-4-14-6-10/h2-6,8,15H,7H2,1H3. The molecule has 0 aliphatic rings. The Morgan fingerprint density at radius 3 is 2.94 bits per heavy atom. The number of rotatable bonds is 3. The highest BCUT2D eigenvalue weighted by Gasteiger charge is 1.98. The van der Waals surface area contributed by atoms with Crippen molar-refractivity contribution in [2.75, 3.05) is 5.32 Å². The number of nitrogens with one attached hydrogen (secondary N) is 1. The van der Waals surface area contributed by atoms with Gasteiger partial charge in [0, 0.05) is 18.9 Å². The van der Waals surface area contributed by atoms with Crippen molar-refractivity contribution in [1.82, 2.24) is 9.97 Å². The van der Waals surface area contributed by atoms with E-state index in [9.17, 15) is 0 Å². The lowest BCUT2D eigenvalue weighted by molar-refractivity contribution is 1.10. The SMILES string of the molecule is Cc1cc(NCc2cccnc2)cnc1Br. The summed E-state index contributed by atoms with van der Waals surface area (Å²) < 4.78 is 0.888. The summed E-state index contributed by atoms with van der Waals surface area (Å²) in [5.74, 6) is 0. The van der Waals surface area contributed by atoms with Gasteiger partial charge in [0.25, 0.3) is 0 Å². The highest BCUT2D eigenvalue weighted by Crippen LogP contribution is 2.17. The monoisotopic (exact) mass is 277 g/mol. The molecular weight excluding hydrogens is 266 g/mol. The van der Waals surface area contributed by atoms with Gasteiger partial charge in [-0.25, -0.2) is 4.98 Å². The molecule has 0 spiro atoms. The number of hydrogen-bond donors (Lipinski definition) is 1. The lowest BCUT2D eigenvalue weighted by atomic mass is 10.2. The molecule has 0 radical (unpaired) electrons. The molecule has 2 heterocycles. The average molecular weight is 278 g/mol. The fourth-order valence-corrected chi connectivity index (χ4v) is 1.58. The van der Waals surface area contributed by atoms with Crippen LogP contribution in [0.5, 0.6) is 0 Å². The molecule has 82 valence electrons. The van der Waals surface area contributed by atoms with Crippen LogP contribution < -0.4 is 5.32 Å². The van der Waals surface area contributed by atoms with Gasteiger partial charge in [-0.05, 0) is 46.1 Å². The van der Waals surface area contributed by atoms with Gasteiger partial charge in [0.15, 0.2) is 0 Å². The van der Waals surface area contributed by atoms with Crippen LogP contribution >= 0.6 is 15.9 Å². The smallest absolute Gasteiger partial charge is 0.109 e. The quantitative estimate of drug-likeness (QED) is 0.876. The van der Waals surface area contributed by atoms with E-state index < -0.39 is 0 Å². The molecule has 3 nitrogen and oxygen atoms in total. The first kappa shape index (κ1) is 11.1. The van der Waals surface area contributed by atoms with Crippen molar-refractivity contribution < 1.29 is 0 Å². The summed E-state index contributed by atoms with van der Waals surface area (Å²) in [6, 6.07) is 6.04. The van der Waals surface area contributed by atoms with E-state index in [-0.39, 0.29) is 0 Å². The maximum Gasteiger partial charge on any atom is 0.109 e. The Labute approximate surface area is 103 Å². The van der Waals surface area contributed by atoms with Gasteiger partial charge in [0.05, 0.1) is 11.9 Å². The van der Waals surface area contributed by atoms with Crippen LogP contribution in [0.15, 0.2) is 41.4 Å². The third kappa shape index (κ3) is 2.79. The molecule has 0 aliphatic carbocycles. The number of anilines is 1. The third-order valence-electron chi connectivity index (χ3n) is 2.23. The van der Waals surface area contributed by atoms with Crippen LogP contribution in [-0.4, -0.2) is 9.97 Å². The van der Waals surface area contributed by atoms with E-state index in [0.29, 0.717) is 0 Å². The zero-order valence-electron chi connectivity index (χ0n) is 8.94. The molecule has 0 fully saturated rings. The maximum atomic E-state index is 4.23. The van der Waals surface area contributed by atoms with E-state index in [1.807, 2.05) is 31.5 Å². The summed E-state index contributed by atoms with van der Waals surface area (Å²) in [6.07, 6.45) is 5.44. The molecule has 0 saturated carbocycles. The van der Waals surface area contributed by atoms with Crippen molar-refractivity contribution in [3.8, 4) is 0 Å². The summed E-state index contributed by atoms with van der Waals surface area (Å²) in [6.45, 7) is 2.78. The fraction of sp³-hybridized carbons (Fsp3) is 0.167. The van der Waals surface area contributed by atoms with Crippen LogP contribution in [0, 0.1) is 6.92 Å². The first-order valence-electron chi connectivity index (χ1n) is 5.00. The van der Waals surface area contributed by atoms with Gasteiger partial charge in [-0.2, -0.15) is 0 Å². The Bertz CT molecular complexity index is 471. The summed E-state index contributed by atoms with van der Waals surface area (Å²) in [5.41, 5.74) is 3.30. The Kier molecular flexibility index (Phi) is 3.51. The second-order valence-corrected chi connectivity index (χ2v) is 4.30. The summed E-state index contributed by atoms with van der Waals surface area (Å²) in [4.78, 5) is 8.29. The average Bonchev–Trinajstić information content (AvgIpc) is 2.32. The molecule has 1 N–H and O–H groups in total. The van der Waals surface area contributed by atoms with Crippen molar-refractivity contribution in [2.45, 2.75) is 13.5 Å². The van der Waals surface area contributed by atoms with E-state index >= 15 is 0 Å². The largest absolute Gasteiger partial charge is 0.380 e. The predicted molar refractivity (Wildman–Crippen MR) is 68.2 cm³/mol. The van der Waals surface area contributed by atoms with E-state index in [4.69, 9.17) is 0 Å². The lowest BCUT2D eigenvalue weighted by Crippen LogP contribution is -2.00. The summed E-state index contributed by atoms with van der Waals surface area (Å²) in [7, 11) is 0. The van der Waals surface area contributed by atoms with Crippen LogP contribution in [0.4, 0.5) is 5.69 Å². The third-order valence-corrected chi connectivity index (χ3v) is 3.06. The van der Waals surface area contributed by atoms with Gasteiger partial charge < -0.3 is 5.32 Å². The molecule has 0 aromatic carbocycles. The van der Waals surface area contributed by atoms with Crippen molar-refractivity contribution in [3.05, 3.63) is 52.5 Å². The Morgan fingerprint density at radius 2 is 2.25 bits per heavy atom. The molecule has 0 saturated heterocycles. The van der Waals surface area contributed by atoms with Crippen molar-refractivity contribution in [2.24, 2.45) is 0 Å². The zero-order valence-corrected chi connectivity index (χ0v) is 10.5. The number of nitrogens with zero attached hydrogens (tertiary/aromatic N) is 2. The second-order valence-electron chi connectivity index (χ2n) is 3.55. The van der Waals surface area contributed by atoms with Gasteiger partial charge in [-0.1, -0.05) is 6.07 Å². The summed E-state index contributed by atoms with van der Waals surface area (Å²) >= 11 is 3.38. The van der Waals surface area contributed by atoms with Crippen LogP contribution in [0.2, 0.25) is 0 Å². The normalized spacial score (nSPS) is 10.1. The van der Waals surface area contributed by atoms with E-state index in [2.05, 4.69) is 37.3 Å². The zero-order chi connectivity index (χ0) is 11.4. The minimum atomic E-state index is 0.761. The molecule has 16 heavy (non-hydrogen) atoms. The first-order chi connectivity index (χ1) is 7.75. The molecule has 0 unspecified atom stereocenters. The first-order valence-corrected chi connectivity index (χ1v) is 5.80. The van der Waals surface area contributed by atoms with Crippen molar-refractivity contribution >= 4 is 21.6 Å². The predicted octanol–water partition coefficient (Wildman–Crippen LogP) is 3.16. The van der Waals surface area contributed by atoms with E-state index in [0.717, 1.165) is 28.0 Å². The number of hydrogen-bond acceptors (Lipinski definition) is 3. The Hall–Kier alpha value is -1.42. The van der Waals surface area contributed by atoms with Gasteiger partial charge >= 0.3 is 0 Å². The molecule has 0 aliphatic heterocycles. The molecule has 0 bridgehead atoms. The van der Waals surface area contributed by atoms with Gasteiger partial charge in [-0.15, -0.1) is 0 Å². The highest BCUT2D eigenvalue weighted by molar-refractivity contribution is 9.10. The van der Waals surface area contributed by atoms with Gasteiger partial charge in [0.1, 0.15) is 4.60 Å². The van der Waals surface area contributed by atoms with Crippen molar-refractivity contribution in [3.63, 3.8) is 0 Å². The molecule has 0 amide bonds. The molecular formula is C12H12BrN3. The van der Waals surface area contributed by atoms with Crippen LogP contribution in [0.3, 0.4) is 0 Å². The Morgan fingerprint density at radius 1 is 1.38 bits per heavy atom. The number of halogens is 1. The molecule has 0 atom stereocenters. The lowest BCUT2D eigenvalue weighted by Gasteiger charge is -2.07. The fourth-order valence-electron chi connectivity index (χ4n) is 1.36. The van der Waals surface area contributed by atoms with E-state index in [1.54, 1.807) is 6.20 Å². The minimum Gasteiger partial charge on any atom is -0.380 e. The van der Waals surface area contributed by atoms with E-state index in [1.165, 1.54) is 0 Å². The topological polar surface area (TPSA) is 37.8 Å². The maximum absolute atomic E-state index is 4.23. The molecule has 2 aromatic rings. The van der Waals surface area contributed by atoms with Gasteiger partial charge in [-0.3, -0.25) is 4.98 Å². The number of aryl methyl sites for hydroxylation is 1. The van der Waals surface area contributed by atoms with Crippen molar-refractivity contribution in [1.29, 1.82) is 0 Å². The molecule has 2 rings (SSSR count). The minimum absolute atomic E-state index is 0.761. The van der Waals surface area contributed by atoms with Crippen LogP contribution in [0.1, 0.15) is 11.1 Å². The number of pyridine rings is 2.